The van der Waals surface area contributed by atoms with Gasteiger partial charge in [-0.1, -0.05) is 42.5 Å². The highest BCUT2D eigenvalue weighted by atomic mass is 16.4. The van der Waals surface area contributed by atoms with Crippen molar-refractivity contribution in [2.75, 3.05) is 32.7 Å². The first-order chi connectivity index (χ1) is 13.9. The van der Waals surface area contributed by atoms with Crippen LogP contribution in [0.25, 0.3) is 6.08 Å². The minimum absolute atomic E-state index is 0.0458. The number of Topliss-reactive ketones (excluding diaryl/α,β-unsaturated/α-hetero) is 1. The molecule has 6 nitrogen and oxygen atoms in total. The summed E-state index contributed by atoms with van der Waals surface area (Å²) in [6, 6.07) is 9.96. The number of nitrogens with one attached hydrogen (secondary N) is 1. The van der Waals surface area contributed by atoms with Crippen molar-refractivity contribution in [1.82, 2.24) is 14.8 Å². The van der Waals surface area contributed by atoms with E-state index in [9.17, 15) is 14.7 Å². The van der Waals surface area contributed by atoms with Gasteiger partial charge in [-0.2, -0.15) is 0 Å². The third kappa shape index (κ3) is 4.83. The molecule has 1 aromatic carbocycles. The highest BCUT2D eigenvalue weighted by Crippen LogP contribution is 2.21. The van der Waals surface area contributed by atoms with Crippen LogP contribution in [0.3, 0.4) is 0 Å². The average Bonchev–Trinajstić information content (AvgIpc) is 3.02. The highest BCUT2D eigenvalue weighted by molar-refractivity contribution is 6.03. The second kappa shape index (κ2) is 9.20. The number of aromatic amines is 1. The highest BCUT2D eigenvalue weighted by Gasteiger charge is 2.29. The first-order valence-electron chi connectivity index (χ1n) is 10.0. The van der Waals surface area contributed by atoms with E-state index in [1.54, 1.807) is 13.8 Å². The van der Waals surface area contributed by atoms with E-state index >= 15 is 0 Å². The molecule has 1 fully saturated rings. The molecule has 1 aliphatic heterocycles. The molecule has 2 N–H and O–H groups in total. The Bertz CT molecular complexity index is 894. The number of ketones is 1. The van der Waals surface area contributed by atoms with Crippen LogP contribution in [0, 0.1) is 13.8 Å². The number of aromatic nitrogens is 1. The lowest BCUT2D eigenvalue weighted by molar-refractivity contribution is 0.0695. The summed E-state index contributed by atoms with van der Waals surface area (Å²) in [7, 11) is 0. The number of carboxylic acids is 1. The third-order valence-corrected chi connectivity index (χ3v) is 5.71. The average molecular weight is 396 g/mol. The van der Waals surface area contributed by atoms with Crippen molar-refractivity contribution >= 4 is 17.8 Å². The van der Waals surface area contributed by atoms with Crippen LogP contribution >= 0.6 is 0 Å². The molecular formula is C23H29N3O3. The van der Waals surface area contributed by atoms with Gasteiger partial charge < -0.3 is 10.1 Å². The second-order valence-electron chi connectivity index (χ2n) is 7.62. The molecule has 1 atom stereocenters. The Balaban J connectivity index is 1.55. The number of rotatable bonds is 7. The Morgan fingerprint density at radius 3 is 2.38 bits per heavy atom. The summed E-state index contributed by atoms with van der Waals surface area (Å²) < 4.78 is 0. The molecule has 0 saturated carbocycles. The van der Waals surface area contributed by atoms with Crippen LogP contribution in [0.2, 0.25) is 0 Å². The van der Waals surface area contributed by atoms with Crippen molar-refractivity contribution in [2.24, 2.45) is 0 Å². The Morgan fingerprint density at radius 1 is 1.14 bits per heavy atom. The number of carboxylic acid groups (broad SMARTS) is 1. The molecule has 0 spiro atoms. The van der Waals surface area contributed by atoms with Crippen LogP contribution in [-0.2, 0) is 0 Å². The number of benzene rings is 1. The van der Waals surface area contributed by atoms with E-state index in [0.717, 1.165) is 32.7 Å². The largest absolute Gasteiger partial charge is 0.478 e. The van der Waals surface area contributed by atoms with Gasteiger partial charge in [0.15, 0.2) is 5.78 Å². The van der Waals surface area contributed by atoms with E-state index in [0.29, 0.717) is 17.0 Å². The maximum Gasteiger partial charge on any atom is 0.337 e. The maximum absolute atomic E-state index is 13.0. The lowest BCUT2D eigenvalue weighted by Gasteiger charge is -2.37. The molecule has 0 radical (unpaired) electrons. The van der Waals surface area contributed by atoms with Gasteiger partial charge in [0.05, 0.1) is 17.3 Å². The van der Waals surface area contributed by atoms with Crippen molar-refractivity contribution in [3.63, 3.8) is 0 Å². The number of nitrogens with zero attached hydrogens (tertiary/aromatic N) is 2. The topological polar surface area (TPSA) is 76.6 Å². The molecule has 1 aliphatic rings. The molecular weight excluding hydrogens is 366 g/mol. The Hall–Kier alpha value is -2.70. The monoisotopic (exact) mass is 395 g/mol. The lowest BCUT2D eigenvalue weighted by Crippen LogP contribution is -2.51. The molecule has 1 aromatic heterocycles. The Morgan fingerprint density at radius 2 is 1.79 bits per heavy atom. The van der Waals surface area contributed by atoms with E-state index in [1.165, 1.54) is 5.56 Å². The third-order valence-electron chi connectivity index (χ3n) is 5.71. The van der Waals surface area contributed by atoms with Gasteiger partial charge in [-0.25, -0.2) is 4.79 Å². The molecule has 154 valence electrons. The van der Waals surface area contributed by atoms with Crippen molar-refractivity contribution in [3.05, 3.63) is 64.5 Å². The van der Waals surface area contributed by atoms with E-state index in [2.05, 4.69) is 39.1 Å². The number of aryl methyl sites for hydroxylation is 1. The molecule has 6 heteroatoms. The first kappa shape index (κ1) is 21.0. The molecule has 3 rings (SSSR count). The van der Waals surface area contributed by atoms with Crippen LogP contribution in [-0.4, -0.2) is 70.4 Å². The summed E-state index contributed by atoms with van der Waals surface area (Å²) in [5.41, 5.74) is 2.87. The van der Waals surface area contributed by atoms with Gasteiger partial charge in [-0.15, -0.1) is 0 Å². The Kier molecular flexibility index (Phi) is 6.67. The lowest BCUT2D eigenvalue weighted by atomic mass is 10.0. The standard InChI is InChI=1S/C23H29N3O3/c1-16-20(23(28)29)17(2)24-21(16)22(27)18(3)26-14-12-25(13-15-26)11-7-10-19-8-5-4-6-9-19/h4-10,18,24H,11-15H2,1-3H3,(H,28,29)/b10-7+. The molecule has 0 amide bonds. The predicted molar refractivity (Wildman–Crippen MR) is 115 cm³/mol. The normalized spacial score (nSPS) is 16.9. The second-order valence-corrected chi connectivity index (χ2v) is 7.62. The van der Waals surface area contributed by atoms with Gasteiger partial charge in [0.1, 0.15) is 0 Å². The zero-order chi connectivity index (χ0) is 21.0. The van der Waals surface area contributed by atoms with Gasteiger partial charge >= 0.3 is 5.97 Å². The molecule has 0 aliphatic carbocycles. The number of carbonyl (C=O) groups is 2. The van der Waals surface area contributed by atoms with Gasteiger partial charge in [0, 0.05) is 38.4 Å². The predicted octanol–water partition coefficient (Wildman–Crippen LogP) is 3.23. The maximum atomic E-state index is 13.0. The number of carbonyl (C=O) groups excluding carboxylic acids is 1. The number of piperazine rings is 1. The van der Waals surface area contributed by atoms with E-state index in [4.69, 9.17) is 0 Å². The van der Waals surface area contributed by atoms with Crippen molar-refractivity contribution in [3.8, 4) is 0 Å². The van der Waals surface area contributed by atoms with Gasteiger partial charge in [-0.05, 0) is 31.9 Å². The number of hydrogen-bond donors (Lipinski definition) is 2. The van der Waals surface area contributed by atoms with Crippen molar-refractivity contribution < 1.29 is 14.7 Å². The SMILES string of the molecule is Cc1[nH]c(C(=O)C(C)N2CCN(C/C=C/c3ccccc3)CC2)c(C)c1C(=O)O. The van der Waals surface area contributed by atoms with Gasteiger partial charge in [-0.3, -0.25) is 14.6 Å². The molecule has 0 bridgehead atoms. The van der Waals surface area contributed by atoms with Crippen LogP contribution in [0.5, 0.6) is 0 Å². The molecule has 2 aromatic rings. The molecule has 29 heavy (non-hydrogen) atoms. The summed E-state index contributed by atoms with van der Waals surface area (Å²) in [5, 5.41) is 9.35. The van der Waals surface area contributed by atoms with Crippen LogP contribution in [0.15, 0.2) is 36.4 Å². The molecule has 2 heterocycles. The van der Waals surface area contributed by atoms with Crippen molar-refractivity contribution in [2.45, 2.75) is 26.8 Å². The first-order valence-corrected chi connectivity index (χ1v) is 10.0. The fraction of sp³-hybridized carbons (Fsp3) is 0.391. The van der Waals surface area contributed by atoms with Gasteiger partial charge in [0.25, 0.3) is 0 Å². The van der Waals surface area contributed by atoms with E-state index in [1.807, 2.05) is 25.1 Å². The summed E-state index contributed by atoms with van der Waals surface area (Å²) in [6.45, 7) is 9.63. The minimum Gasteiger partial charge on any atom is -0.478 e. The van der Waals surface area contributed by atoms with Crippen LogP contribution in [0.1, 0.15) is 44.6 Å². The molecule has 1 unspecified atom stereocenters. The number of H-pyrrole nitrogens is 1. The number of aromatic carboxylic acids is 1. The fourth-order valence-electron chi connectivity index (χ4n) is 3.93. The summed E-state index contributed by atoms with van der Waals surface area (Å²) >= 11 is 0. The summed E-state index contributed by atoms with van der Waals surface area (Å²) in [4.78, 5) is 31.9. The van der Waals surface area contributed by atoms with Crippen LogP contribution < -0.4 is 0 Å². The van der Waals surface area contributed by atoms with E-state index < -0.39 is 5.97 Å². The smallest absolute Gasteiger partial charge is 0.337 e. The van der Waals surface area contributed by atoms with Crippen molar-refractivity contribution in [1.29, 1.82) is 0 Å². The molecule has 1 saturated heterocycles. The number of hydrogen-bond acceptors (Lipinski definition) is 4. The zero-order valence-corrected chi connectivity index (χ0v) is 17.3. The van der Waals surface area contributed by atoms with Gasteiger partial charge in [0.2, 0.25) is 0 Å². The quantitative estimate of drug-likeness (QED) is 0.704. The fourth-order valence-corrected chi connectivity index (χ4v) is 3.93. The minimum atomic E-state index is -1.000. The van der Waals surface area contributed by atoms with Crippen LogP contribution in [0.4, 0.5) is 0 Å². The van der Waals surface area contributed by atoms with E-state index in [-0.39, 0.29) is 17.4 Å². The zero-order valence-electron chi connectivity index (χ0n) is 17.3. The Labute approximate surface area is 171 Å². The summed E-state index contributed by atoms with van der Waals surface area (Å²) in [6.07, 6.45) is 4.31. The summed E-state index contributed by atoms with van der Waals surface area (Å²) in [5.74, 6) is -1.05.